The maximum atomic E-state index is 11.8. The van der Waals surface area contributed by atoms with E-state index in [1.165, 1.54) is 18.2 Å². The number of hydrogen-bond acceptors (Lipinski definition) is 4. The maximum absolute atomic E-state index is 11.8. The molecule has 1 saturated heterocycles. The van der Waals surface area contributed by atoms with Crippen LogP contribution in [0.2, 0.25) is 0 Å². The van der Waals surface area contributed by atoms with E-state index < -0.39 is 6.03 Å². The van der Waals surface area contributed by atoms with Gasteiger partial charge in [0.2, 0.25) is 5.91 Å². The van der Waals surface area contributed by atoms with Crippen molar-refractivity contribution in [3.05, 3.63) is 35.4 Å². The predicted molar refractivity (Wildman–Crippen MR) is 97.5 cm³/mol. The van der Waals surface area contributed by atoms with E-state index in [4.69, 9.17) is 0 Å². The highest BCUT2D eigenvalue weighted by molar-refractivity contribution is 5.94. The van der Waals surface area contributed by atoms with Gasteiger partial charge in [0.15, 0.2) is 0 Å². The van der Waals surface area contributed by atoms with Crippen LogP contribution in [0.1, 0.15) is 30.5 Å². The number of benzene rings is 1. The van der Waals surface area contributed by atoms with Gasteiger partial charge < -0.3 is 10.6 Å². The molecule has 6 nitrogen and oxygen atoms in total. The van der Waals surface area contributed by atoms with E-state index in [9.17, 15) is 9.59 Å². The van der Waals surface area contributed by atoms with Gasteiger partial charge in [-0.2, -0.15) is 0 Å². The van der Waals surface area contributed by atoms with Crippen LogP contribution in [0.5, 0.6) is 0 Å². The second-order valence-electron chi connectivity index (χ2n) is 5.73. The summed E-state index contributed by atoms with van der Waals surface area (Å²) in [5.74, 6) is -0.247. The van der Waals surface area contributed by atoms with Gasteiger partial charge in [0.05, 0.1) is 0 Å². The summed E-state index contributed by atoms with van der Waals surface area (Å²) in [4.78, 5) is 25.2. The molecular weight excluding hydrogens is 328 g/mol. The molecule has 2 rings (SSSR count). The van der Waals surface area contributed by atoms with Crippen molar-refractivity contribution in [3.63, 3.8) is 0 Å². The van der Waals surface area contributed by atoms with Crippen molar-refractivity contribution in [2.45, 2.75) is 25.8 Å². The van der Waals surface area contributed by atoms with Crippen molar-refractivity contribution in [1.82, 2.24) is 20.9 Å². The Balaban J connectivity index is 0.00000288. The minimum atomic E-state index is -0.456. The molecule has 1 aromatic rings. The van der Waals surface area contributed by atoms with Gasteiger partial charge >= 0.3 is 6.03 Å². The summed E-state index contributed by atoms with van der Waals surface area (Å²) in [5.41, 5.74) is 2.59. The Morgan fingerprint density at radius 1 is 1.29 bits per heavy atom. The Hall–Kier alpha value is -1.63. The van der Waals surface area contributed by atoms with Crippen molar-refractivity contribution in [2.75, 3.05) is 33.2 Å². The van der Waals surface area contributed by atoms with Gasteiger partial charge in [-0.15, -0.1) is 12.4 Å². The fourth-order valence-corrected chi connectivity index (χ4v) is 2.81. The standard InChI is InChI=1S/C17H26N4O2.ClH/c1-3-13-4-6-14(7-5-13)15-12-19-9-11-21(15)10-8-16(22)20-17(23)18-2;/h4-7,15,19H,3,8-12H2,1-2H3,(H2,18,20,22,23);1H. The van der Waals surface area contributed by atoms with Crippen LogP contribution in [0.15, 0.2) is 24.3 Å². The minimum absolute atomic E-state index is 0. The lowest BCUT2D eigenvalue weighted by molar-refractivity contribution is -0.120. The summed E-state index contributed by atoms with van der Waals surface area (Å²) in [6.07, 6.45) is 1.35. The normalized spacial score (nSPS) is 17.7. The van der Waals surface area contributed by atoms with Gasteiger partial charge in [-0.3, -0.25) is 15.0 Å². The highest BCUT2D eigenvalue weighted by atomic mass is 35.5. The van der Waals surface area contributed by atoms with Crippen LogP contribution in [-0.2, 0) is 11.2 Å². The topological polar surface area (TPSA) is 73.5 Å². The maximum Gasteiger partial charge on any atom is 0.321 e. The molecule has 1 fully saturated rings. The molecule has 0 aromatic heterocycles. The number of halogens is 1. The minimum Gasteiger partial charge on any atom is -0.341 e. The number of hydrogen-bond donors (Lipinski definition) is 3. The van der Waals surface area contributed by atoms with Gasteiger partial charge in [-0.1, -0.05) is 31.2 Å². The molecule has 7 heteroatoms. The van der Waals surface area contributed by atoms with Crippen molar-refractivity contribution in [2.24, 2.45) is 0 Å². The van der Waals surface area contributed by atoms with E-state index in [0.29, 0.717) is 13.0 Å². The molecule has 1 aliphatic heterocycles. The highest BCUT2D eigenvalue weighted by Crippen LogP contribution is 2.22. The first-order valence-corrected chi connectivity index (χ1v) is 8.19. The average molecular weight is 355 g/mol. The molecule has 3 amide bonds. The molecule has 0 spiro atoms. The second-order valence-corrected chi connectivity index (χ2v) is 5.73. The molecule has 3 N–H and O–H groups in total. The van der Waals surface area contributed by atoms with Gasteiger partial charge in [-0.05, 0) is 17.5 Å². The summed E-state index contributed by atoms with van der Waals surface area (Å²) >= 11 is 0. The third kappa shape index (κ3) is 5.78. The lowest BCUT2D eigenvalue weighted by Gasteiger charge is -2.36. The van der Waals surface area contributed by atoms with Gasteiger partial charge in [0.25, 0.3) is 0 Å². The van der Waals surface area contributed by atoms with Gasteiger partial charge in [-0.25, -0.2) is 4.79 Å². The van der Waals surface area contributed by atoms with Crippen LogP contribution in [0, 0.1) is 0 Å². The van der Waals surface area contributed by atoms with Crippen LogP contribution >= 0.6 is 12.4 Å². The molecule has 1 aliphatic rings. The molecule has 134 valence electrons. The summed E-state index contributed by atoms with van der Waals surface area (Å²) in [7, 11) is 1.49. The average Bonchev–Trinajstić information content (AvgIpc) is 2.60. The Kier molecular flexibility index (Phi) is 8.74. The number of piperazine rings is 1. The number of rotatable bonds is 5. The van der Waals surface area contributed by atoms with E-state index in [0.717, 1.165) is 26.1 Å². The molecule has 24 heavy (non-hydrogen) atoms. The van der Waals surface area contributed by atoms with Crippen molar-refractivity contribution < 1.29 is 9.59 Å². The van der Waals surface area contributed by atoms with Gasteiger partial charge in [0, 0.05) is 45.7 Å². The van der Waals surface area contributed by atoms with Crippen LogP contribution < -0.4 is 16.0 Å². The fraction of sp³-hybridized carbons (Fsp3) is 0.529. The predicted octanol–water partition coefficient (Wildman–Crippen LogP) is 1.46. The molecule has 1 unspecified atom stereocenters. The number of aryl methyl sites for hydroxylation is 1. The molecule has 1 aromatic carbocycles. The number of carbonyl (C=O) groups excluding carboxylic acids is 2. The third-order valence-corrected chi connectivity index (χ3v) is 4.23. The molecule has 0 saturated carbocycles. The molecule has 0 aliphatic carbocycles. The van der Waals surface area contributed by atoms with Crippen molar-refractivity contribution >= 4 is 24.3 Å². The molecule has 0 bridgehead atoms. The zero-order valence-electron chi connectivity index (χ0n) is 14.3. The van der Waals surface area contributed by atoms with Crippen LogP contribution in [0.4, 0.5) is 4.79 Å². The highest BCUT2D eigenvalue weighted by Gasteiger charge is 2.24. The molecular formula is C17H27ClN4O2. The van der Waals surface area contributed by atoms with E-state index in [1.807, 2.05) is 0 Å². The first-order valence-electron chi connectivity index (χ1n) is 8.19. The van der Waals surface area contributed by atoms with Crippen molar-refractivity contribution in [3.8, 4) is 0 Å². The zero-order valence-corrected chi connectivity index (χ0v) is 15.1. The van der Waals surface area contributed by atoms with E-state index in [-0.39, 0.29) is 24.4 Å². The molecule has 1 atom stereocenters. The van der Waals surface area contributed by atoms with E-state index in [2.05, 4.69) is 52.0 Å². The second kappa shape index (κ2) is 10.3. The third-order valence-electron chi connectivity index (χ3n) is 4.23. The quantitative estimate of drug-likeness (QED) is 0.748. The van der Waals surface area contributed by atoms with Crippen LogP contribution in [-0.4, -0.2) is 50.1 Å². The Labute approximate surface area is 149 Å². The number of urea groups is 1. The number of carbonyl (C=O) groups is 2. The monoisotopic (exact) mass is 354 g/mol. The first-order chi connectivity index (χ1) is 11.1. The first kappa shape index (κ1) is 20.4. The summed E-state index contributed by atoms with van der Waals surface area (Å²) < 4.78 is 0. The molecule has 1 heterocycles. The number of imide groups is 1. The lowest BCUT2D eigenvalue weighted by Crippen LogP contribution is -2.47. The Morgan fingerprint density at radius 3 is 2.62 bits per heavy atom. The van der Waals surface area contributed by atoms with E-state index >= 15 is 0 Å². The molecule has 0 radical (unpaired) electrons. The van der Waals surface area contributed by atoms with Gasteiger partial charge in [0.1, 0.15) is 0 Å². The smallest absolute Gasteiger partial charge is 0.321 e. The Bertz CT molecular complexity index is 536. The Morgan fingerprint density at radius 2 is 2.00 bits per heavy atom. The summed E-state index contributed by atoms with van der Waals surface area (Å²) in [6.45, 7) is 5.48. The van der Waals surface area contributed by atoms with E-state index in [1.54, 1.807) is 0 Å². The fourth-order valence-electron chi connectivity index (χ4n) is 2.81. The largest absolute Gasteiger partial charge is 0.341 e. The number of nitrogens with zero attached hydrogens (tertiary/aromatic N) is 1. The number of nitrogens with one attached hydrogen (secondary N) is 3. The number of amides is 3. The van der Waals surface area contributed by atoms with Crippen molar-refractivity contribution in [1.29, 1.82) is 0 Å². The lowest BCUT2D eigenvalue weighted by atomic mass is 10.0. The summed E-state index contributed by atoms with van der Waals surface area (Å²) in [6, 6.07) is 8.49. The zero-order chi connectivity index (χ0) is 16.7. The summed E-state index contributed by atoms with van der Waals surface area (Å²) in [5, 5.41) is 8.11. The van der Waals surface area contributed by atoms with Crippen LogP contribution in [0.25, 0.3) is 0 Å². The van der Waals surface area contributed by atoms with Crippen LogP contribution in [0.3, 0.4) is 0 Å². The SMILES string of the molecule is CCc1ccc(C2CNCCN2CCC(=O)NC(=O)NC)cc1.Cl.